The van der Waals surface area contributed by atoms with Gasteiger partial charge in [-0.15, -0.1) is 0 Å². The lowest BCUT2D eigenvalue weighted by Gasteiger charge is -2.42. The van der Waals surface area contributed by atoms with Crippen LogP contribution >= 0.6 is 0 Å². The summed E-state index contributed by atoms with van der Waals surface area (Å²) >= 11 is 0. The second-order valence-corrected chi connectivity index (χ2v) is 9.98. The van der Waals surface area contributed by atoms with Crippen LogP contribution in [-0.2, 0) is 13.0 Å². The summed E-state index contributed by atoms with van der Waals surface area (Å²) in [6, 6.07) is 14.3. The zero-order valence-electron chi connectivity index (χ0n) is 20.9. The number of aromatic nitrogens is 4. The van der Waals surface area contributed by atoms with Gasteiger partial charge in [0.05, 0.1) is 23.8 Å². The van der Waals surface area contributed by atoms with Crippen LogP contribution in [0.3, 0.4) is 0 Å². The van der Waals surface area contributed by atoms with Gasteiger partial charge < -0.3 is 25.5 Å². The lowest BCUT2D eigenvalue weighted by molar-refractivity contribution is 0.186. The summed E-state index contributed by atoms with van der Waals surface area (Å²) in [5, 5.41) is 10.0. The summed E-state index contributed by atoms with van der Waals surface area (Å²) in [6.07, 6.45) is 4.67. The van der Waals surface area contributed by atoms with Gasteiger partial charge in [-0.2, -0.15) is 0 Å². The predicted octanol–water partition coefficient (Wildman–Crippen LogP) is 3.43. The number of anilines is 1. The summed E-state index contributed by atoms with van der Waals surface area (Å²) in [7, 11) is 0. The number of hydrogen-bond acceptors (Lipinski definition) is 7. The zero-order chi connectivity index (χ0) is 25.4. The van der Waals surface area contributed by atoms with Crippen LogP contribution in [0.25, 0.3) is 11.0 Å². The minimum Gasteiger partial charge on any atom is -0.481 e. The molecule has 1 saturated heterocycles. The smallest absolute Gasteiger partial charge is 0.152 e. The number of rotatable bonds is 4. The standard InChI is InChI=1S/C29H30N6O2/c1-19-32-24-9-8-22(15-25(24)33-19)37-14-4-6-21-17-31-28(26(18-36)34-21)35-12-10-29(11-13-35)16-20-5-2-3-7-23(20)27(29)30/h2-3,5,7-9,15,17,27,36H,10-14,16,18,30H2,1H3,(H,32,33). The van der Waals surface area contributed by atoms with Crippen molar-refractivity contribution in [3.63, 3.8) is 0 Å². The minimum atomic E-state index is -0.190. The first kappa shape index (κ1) is 23.5. The molecule has 1 fully saturated rings. The highest BCUT2D eigenvalue weighted by Crippen LogP contribution is 2.51. The Morgan fingerprint density at radius 3 is 2.84 bits per heavy atom. The molecule has 2 aromatic heterocycles. The molecule has 1 atom stereocenters. The molecular formula is C29H30N6O2. The van der Waals surface area contributed by atoms with Gasteiger partial charge in [0.1, 0.15) is 29.6 Å². The molecule has 0 amide bonds. The van der Waals surface area contributed by atoms with Gasteiger partial charge in [0.2, 0.25) is 0 Å². The lowest BCUT2D eigenvalue weighted by Crippen LogP contribution is -2.45. The van der Waals surface area contributed by atoms with Crippen LogP contribution in [0.2, 0.25) is 0 Å². The van der Waals surface area contributed by atoms with E-state index in [4.69, 9.17) is 10.5 Å². The molecule has 188 valence electrons. The third-order valence-electron chi connectivity index (χ3n) is 7.72. The SMILES string of the molecule is Cc1nc2cc(OCC#Cc3cnc(N4CCC5(CC4)Cc4ccccc4C5N)c(CO)n3)ccc2[nH]1. The van der Waals surface area contributed by atoms with Crippen molar-refractivity contribution in [3.05, 3.63) is 77.0 Å². The molecule has 0 radical (unpaired) electrons. The summed E-state index contributed by atoms with van der Waals surface area (Å²) in [5.41, 5.74) is 12.4. The Hall–Kier alpha value is -3.93. The molecule has 37 heavy (non-hydrogen) atoms. The zero-order valence-corrected chi connectivity index (χ0v) is 20.9. The van der Waals surface area contributed by atoms with Gasteiger partial charge >= 0.3 is 0 Å². The number of H-pyrrole nitrogens is 1. The Kier molecular flexibility index (Phi) is 6.03. The van der Waals surface area contributed by atoms with Crippen molar-refractivity contribution in [1.29, 1.82) is 0 Å². The van der Waals surface area contributed by atoms with E-state index in [1.807, 2.05) is 25.1 Å². The van der Waals surface area contributed by atoms with Gasteiger partial charge in [0.25, 0.3) is 0 Å². The summed E-state index contributed by atoms with van der Waals surface area (Å²) in [6.45, 7) is 3.61. The number of piperidine rings is 1. The number of aromatic amines is 1. The van der Waals surface area contributed by atoms with Crippen LogP contribution in [0.15, 0.2) is 48.7 Å². The van der Waals surface area contributed by atoms with Crippen molar-refractivity contribution in [2.45, 2.75) is 38.8 Å². The number of aliphatic hydroxyl groups is 1. The van der Waals surface area contributed by atoms with Gasteiger partial charge in [0.15, 0.2) is 5.82 Å². The highest BCUT2D eigenvalue weighted by atomic mass is 16.5. The number of fused-ring (bicyclic) bond motifs is 2. The first-order chi connectivity index (χ1) is 18.0. The molecule has 4 N–H and O–H groups in total. The molecule has 1 spiro atoms. The monoisotopic (exact) mass is 494 g/mol. The van der Waals surface area contributed by atoms with Crippen molar-refractivity contribution >= 4 is 16.9 Å². The third kappa shape index (κ3) is 4.41. The highest BCUT2D eigenvalue weighted by Gasteiger charge is 2.46. The van der Waals surface area contributed by atoms with Gasteiger partial charge in [-0.1, -0.05) is 30.2 Å². The normalized spacial score (nSPS) is 18.0. The molecule has 8 heteroatoms. The number of nitrogens with two attached hydrogens (primary N) is 1. The van der Waals surface area contributed by atoms with Crippen molar-refractivity contribution in [3.8, 4) is 17.6 Å². The van der Waals surface area contributed by atoms with Crippen molar-refractivity contribution < 1.29 is 9.84 Å². The largest absolute Gasteiger partial charge is 0.481 e. The van der Waals surface area contributed by atoms with Crippen molar-refractivity contribution in [2.24, 2.45) is 11.1 Å². The van der Waals surface area contributed by atoms with Crippen LogP contribution in [-0.4, -0.2) is 44.7 Å². The maximum Gasteiger partial charge on any atom is 0.152 e. The van der Waals surface area contributed by atoms with E-state index in [0.29, 0.717) is 17.1 Å². The van der Waals surface area contributed by atoms with Crippen LogP contribution in [0.4, 0.5) is 5.82 Å². The average Bonchev–Trinajstić information content (AvgIpc) is 3.43. The maximum absolute atomic E-state index is 10.0. The third-order valence-corrected chi connectivity index (χ3v) is 7.72. The Morgan fingerprint density at radius 1 is 1.19 bits per heavy atom. The van der Waals surface area contributed by atoms with Crippen LogP contribution in [0.1, 0.15) is 47.2 Å². The predicted molar refractivity (Wildman–Crippen MR) is 142 cm³/mol. The molecule has 0 saturated carbocycles. The van der Waals surface area contributed by atoms with Gasteiger partial charge in [0, 0.05) is 25.2 Å². The molecule has 1 aliphatic carbocycles. The van der Waals surface area contributed by atoms with Gasteiger partial charge in [-0.25, -0.2) is 15.0 Å². The fraction of sp³-hybridized carbons (Fsp3) is 0.345. The van der Waals surface area contributed by atoms with E-state index in [9.17, 15) is 5.11 Å². The quantitative estimate of drug-likeness (QED) is 0.373. The average molecular weight is 495 g/mol. The molecule has 1 aliphatic heterocycles. The van der Waals surface area contributed by atoms with Crippen molar-refractivity contribution in [2.75, 3.05) is 24.6 Å². The van der Waals surface area contributed by atoms with Crippen LogP contribution in [0, 0.1) is 24.2 Å². The molecular weight excluding hydrogens is 464 g/mol. The number of hydrogen-bond donors (Lipinski definition) is 3. The van der Waals surface area contributed by atoms with Crippen LogP contribution < -0.4 is 15.4 Å². The van der Waals surface area contributed by atoms with E-state index in [0.717, 1.165) is 55.0 Å². The Labute approximate surface area is 215 Å². The first-order valence-corrected chi connectivity index (χ1v) is 12.7. The minimum absolute atomic E-state index is 0.0689. The summed E-state index contributed by atoms with van der Waals surface area (Å²) in [4.78, 5) is 19.0. The van der Waals surface area contributed by atoms with E-state index in [2.05, 4.69) is 60.9 Å². The number of benzene rings is 2. The Balaban J connectivity index is 1.10. The van der Waals surface area contributed by atoms with E-state index in [1.54, 1.807) is 6.20 Å². The number of ether oxygens (including phenoxy) is 1. The Bertz CT molecular complexity index is 1510. The summed E-state index contributed by atoms with van der Waals surface area (Å²) < 4.78 is 5.75. The number of aryl methyl sites for hydroxylation is 1. The van der Waals surface area contributed by atoms with E-state index >= 15 is 0 Å². The number of nitrogens with zero attached hydrogens (tertiary/aromatic N) is 4. The number of nitrogens with one attached hydrogen (secondary N) is 1. The van der Waals surface area contributed by atoms with Crippen molar-refractivity contribution in [1.82, 2.24) is 19.9 Å². The van der Waals surface area contributed by atoms with Crippen LogP contribution in [0.5, 0.6) is 5.75 Å². The molecule has 2 aliphatic rings. The second kappa shape index (κ2) is 9.51. The van der Waals surface area contributed by atoms with Gasteiger partial charge in [-0.05, 0) is 60.8 Å². The number of imidazole rings is 1. The molecule has 4 aromatic rings. The molecule has 0 bridgehead atoms. The fourth-order valence-corrected chi connectivity index (χ4v) is 5.77. The lowest BCUT2D eigenvalue weighted by atomic mass is 9.73. The molecule has 3 heterocycles. The summed E-state index contributed by atoms with van der Waals surface area (Å²) in [5.74, 6) is 8.29. The fourth-order valence-electron chi connectivity index (χ4n) is 5.77. The maximum atomic E-state index is 10.0. The number of aliphatic hydroxyl groups excluding tert-OH is 1. The highest BCUT2D eigenvalue weighted by molar-refractivity contribution is 5.76. The molecule has 1 unspecified atom stereocenters. The van der Waals surface area contributed by atoms with E-state index in [1.165, 1.54) is 11.1 Å². The first-order valence-electron chi connectivity index (χ1n) is 12.7. The second-order valence-electron chi connectivity index (χ2n) is 9.98. The Morgan fingerprint density at radius 2 is 2.03 bits per heavy atom. The topological polar surface area (TPSA) is 113 Å². The van der Waals surface area contributed by atoms with E-state index in [-0.39, 0.29) is 24.7 Å². The van der Waals surface area contributed by atoms with E-state index < -0.39 is 0 Å². The molecule has 8 nitrogen and oxygen atoms in total. The van der Waals surface area contributed by atoms with Gasteiger partial charge in [-0.3, -0.25) is 0 Å². The molecule has 2 aromatic carbocycles. The molecule has 6 rings (SSSR count).